The van der Waals surface area contributed by atoms with Crippen molar-refractivity contribution in [1.29, 1.82) is 0 Å². The monoisotopic (exact) mass is 310 g/mol. The summed E-state index contributed by atoms with van der Waals surface area (Å²) < 4.78 is 0. The highest BCUT2D eigenvalue weighted by atomic mass is 35.5. The molecule has 0 saturated heterocycles. The molecule has 2 aromatic carbocycles. The van der Waals surface area contributed by atoms with E-state index in [0.29, 0.717) is 16.3 Å². The van der Waals surface area contributed by atoms with Crippen molar-refractivity contribution < 1.29 is 9.63 Å². The zero-order valence-corrected chi connectivity index (χ0v) is 12.2. The predicted molar refractivity (Wildman–Crippen MR) is 86.2 cm³/mol. The summed E-state index contributed by atoms with van der Waals surface area (Å²) in [7, 11) is 0. The molecule has 1 heterocycles. The fraction of sp³-hybridized carbons (Fsp3) is 0. The van der Waals surface area contributed by atoms with Crippen molar-refractivity contribution in [3.05, 3.63) is 76.9 Å². The van der Waals surface area contributed by atoms with Crippen LogP contribution >= 0.6 is 11.6 Å². The average Bonchev–Trinajstić information content (AvgIpc) is 2.56. The second kappa shape index (κ2) is 6.37. The number of nitrogens with zero attached hydrogens (tertiary/aromatic N) is 2. The lowest BCUT2D eigenvalue weighted by Gasteiger charge is -2.01. The lowest BCUT2D eigenvalue weighted by atomic mass is 10.2. The van der Waals surface area contributed by atoms with E-state index < -0.39 is 5.97 Å². The SMILES string of the molecule is O=C(O/N=C/c1cc2ccccc2nc1Cl)c1ccccc1. The zero-order chi connectivity index (χ0) is 15.4. The minimum Gasteiger partial charge on any atom is -0.313 e. The normalized spacial score (nSPS) is 11.0. The molecular weight excluding hydrogens is 300 g/mol. The van der Waals surface area contributed by atoms with Crippen molar-refractivity contribution in [2.24, 2.45) is 5.16 Å². The summed E-state index contributed by atoms with van der Waals surface area (Å²) >= 11 is 6.09. The van der Waals surface area contributed by atoms with Crippen molar-refractivity contribution >= 4 is 34.7 Å². The summed E-state index contributed by atoms with van der Waals surface area (Å²) in [5.41, 5.74) is 1.81. The number of halogens is 1. The van der Waals surface area contributed by atoms with Gasteiger partial charge in [0.1, 0.15) is 5.15 Å². The maximum atomic E-state index is 11.7. The van der Waals surface area contributed by atoms with Gasteiger partial charge in [-0.3, -0.25) is 0 Å². The van der Waals surface area contributed by atoms with E-state index in [1.807, 2.05) is 36.4 Å². The molecule has 0 spiro atoms. The first-order valence-electron chi connectivity index (χ1n) is 6.59. The highest BCUT2D eigenvalue weighted by Gasteiger charge is 2.06. The van der Waals surface area contributed by atoms with Crippen LogP contribution in [0.25, 0.3) is 10.9 Å². The molecule has 0 radical (unpaired) electrons. The van der Waals surface area contributed by atoms with Crippen molar-refractivity contribution in [2.75, 3.05) is 0 Å². The Hall–Kier alpha value is -2.72. The van der Waals surface area contributed by atoms with E-state index in [4.69, 9.17) is 16.4 Å². The first-order valence-corrected chi connectivity index (χ1v) is 6.97. The fourth-order valence-corrected chi connectivity index (χ4v) is 2.15. The van der Waals surface area contributed by atoms with E-state index in [0.717, 1.165) is 10.9 Å². The van der Waals surface area contributed by atoms with Crippen LogP contribution in [0.5, 0.6) is 0 Å². The Balaban J connectivity index is 1.78. The van der Waals surface area contributed by atoms with Crippen LogP contribution in [-0.4, -0.2) is 17.2 Å². The van der Waals surface area contributed by atoms with Crippen molar-refractivity contribution in [1.82, 2.24) is 4.98 Å². The number of carbonyl (C=O) groups excluding carboxylic acids is 1. The van der Waals surface area contributed by atoms with Crippen LogP contribution in [0, 0.1) is 0 Å². The topological polar surface area (TPSA) is 51.5 Å². The molecule has 0 saturated carbocycles. The zero-order valence-electron chi connectivity index (χ0n) is 11.4. The van der Waals surface area contributed by atoms with Gasteiger partial charge in [-0.1, -0.05) is 53.2 Å². The predicted octanol–water partition coefficient (Wildman–Crippen LogP) is 4.08. The van der Waals surface area contributed by atoms with Gasteiger partial charge >= 0.3 is 5.97 Å². The van der Waals surface area contributed by atoms with Crippen molar-refractivity contribution in [3.8, 4) is 0 Å². The van der Waals surface area contributed by atoms with Crippen LogP contribution in [-0.2, 0) is 4.84 Å². The Kier molecular flexibility index (Phi) is 4.12. The van der Waals surface area contributed by atoms with Gasteiger partial charge in [0, 0.05) is 10.9 Å². The van der Waals surface area contributed by atoms with Gasteiger partial charge in [-0.2, -0.15) is 0 Å². The van der Waals surface area contributed by atoms with E-state index in [9.17, 15) is 4.79 Å². The second-order valence-corrected chi connectivity index (χ2v) is 4.90. The molecule has 3 aromatic rings. The molecule has 0 fully saturated rings. The van der Waals surface area contributed by atoms with Gasteiger partial charge in [-0.05, 0) is 24.3 Å². The number of pyridine rings is 1. The molecule has 0 amide bonds. The minimum absolute atomic E-state index is 0.304. The smallest absolute Gasteiger partial charge is 0.313 e. The summed E-state index contributed by atoms with van der Waals surface area (Å²) in [6.07, 6.45) is 1.38. The summed E-state index contributed by atoms with van der Waals surface area (Å²) in [5.74, 6) is -0.526. The molecule has 0 atom stereocenters. The van der Waals surface area contributed by atoms with E-state index in [1.54, 1.807) is 24.3 Å². The molecule has 1 aromatic heterocycles. The number of hydrogen-bond donors (Lipinski definition) is 0. The molecule has 0 aliphatic carbocycles. The van der Waals surface area contributed by atoms with Gasteiger partial charge in [-0.25, -0.2) is 9.78 Å². The molecule has 0 N–H and O–H groups in total. The van der Waals surface area contributed by atoms with E-state index in [-0.39, 0.29) is 0 Å². The Bertz CT molecular complexity index is 848. The number of benzene rings is 2. The second-order valence-electron chi connectivity index (χ2n) is 4.54. The van der Waals surface area contributed by atoms with Crippen LogP contribution in [0.3, 0.4) is 0 Å². The number of aromatic nitrogens is 1. The maximum absolute atomic E-state index is 11.7. The number of fused-ring (bicyclic) bond motifs is 1. The number of hydrogen-bond acceptors (Lipinski definition) is 4. The van der Waals surface area contributed by atoms with Crippen LogP contribution in [0.2, 0.25) is 5.15 Å². The average molecular weight is 311 g/mol. The van der Waals surface area contributed by atoms with Gasteiger partial charge in [0.05, 0.1) is 17.3 Å². The fourth-order valence-electron chi connectivity index (χ4n) is 1.96. The molecule has 0 aliphatic heterocycles. The Morgan fingerprint density at radius 3 is 2.64 bits per heavy atom. The molecule has 108 valence electrons. The third-order valence-corrected chi connectivity index (χ3v) is 3.34. The third kappa shape index (κ3) is 3.13. The van der Waals surface area contributed by atoms with Crippen molar-refractivity contribution in [3.63, 3.8) is 0 Å². The van der Waals surface area contributed by atoms with Gasteiger partial charge in [0.2, 0.25) is 0 Å². The lowest BCUT2D eigenvalue weighted by Crippen LogP contribution is -2.00. The molecule has 22 heavy (non-hydrogen) atoms. The first-order chi connectivity index (χ1) is 10.7. The number of carbonyl (C=O) groups is 1. The summed E-state index contributed by atoms with van der Waals surface area (Å²) in [4.78, 5) is 20.9. The van der Waals surface area contributed by atoms with E-state index >= 15 is 0 Å². The van der Waals surface area contributed by atoms with Gasteiger partial charge in [0.15, 0.2) is 0 Å². The first kappa shape index (κ1) is 14.2. The highest BCUT2D eigenvalue weighted by molar-refractivity contribution is 6.32. The number of rotatable bonds is 3. The minimum atomic E-state index is -0.526. The van der Waals surface area contributed by atoms with E-state index in [2.05, 4.69) is 10.1 Å². The molecule has 0 bridgehead atoms. The van der Waals surface area contributed by atoms with Crippen LogP contribution < -0.4 is 0 Å². The Labute approximate surface area is 132 Å². The van der Waals surface area contributed by atoms with Crippen LogP contribution in [0.15, 0.2) is 65.8 Å². The highest BCUT2D eigenvalue weighted by Crippen LogP contribution is 2.19. The molecule has 3 rings (SSSR count). The summed E-state index contributed by atoms with van der Waals surface area (Å²) in [6.45, 7) is 0. The number of oxime groups is 1. The van der Waals surface area contributed by atoms with Crippen molar-refractivity contribution in [2.45, 2.75) is 0 Å². The molecule has 5 heteroatoms. The molecule has 0 unspecified atom stereocenters. The standard InChI is InChI=1S/C17H11ClN2O2/c18-16-14(10-13-8-4-5-9-15(13)20-16)11-19-22-17(21)12-6-2-1-3-7-12/h1-11H/b19-11+. The molecular formula is C17H11ClN2O2. The summed E-state index contributed by atoms with van der Waals surface area (Å²) in [5, 5.41) is 4.92. The Morgan fingerprint density at radius 1 is 1.09 bits per heavy atom. The number of para-hydroxylation sites is 1. The largest absolute Gasteiger partial charge is 0.365 e. The Morgan fingerprint density at radius 2 is 1.82 bits per heavy atom. The molecule has 0 aliphatic rings. The van der Waals surface area contributed by atoms with Crippen LogP contribution in [0.4, 0.5) is 0 Å². The quantitative estimate of drug-likeness (QED) is 0.317. The molecule has 4 nitrogen and oxygen atoms in total. The maximum Gasteiger partial charge on any atom is 0.365 e. The van der Waals surface area contributed by atoms with Gasteiger partial charge in [-0.15, -0.1) is 0 Å². The van der Waals surface area contributed by atoms with E-state index in [1.165, 1.54) is 6.21 Å². The lowest BCUT2D eigenvalue weighted by molar-refractivity contribution is 0.0519. The third-order valence-electron chi connectivity index (χ3n) is 3.04. The van der Waals surface area contributed by atoms with Crippen LogP contribution in [0.1, 0.15) is 15.9 Å². The summed E-state index contributed by atoms with van der Waals surface area (Å²) in [6, 6.07) is 18.1. The van der Waals surface area contributed by atoms with Gasteiger partial charge < -0.3 is 4.84 Å². The van der Waals surface area contributed by atoms with Gasteiger partial charge in [0.25, 0.3) is 0 Å².